The number of carbonyl (C=O) groups is 1. The number of nitrogens with one attached hydrogen (secondary N) is 1. The minimum atomic E-state index is -0.278. The normalized spacial score (nSPS) is 13.3. The minimum absolute atomic E-state index is 0.256. The molecule has 0 fully saturated rings. The summed E-state index contributed by atoms with van der Waals surface area (Å²) >= 11 is 0. The lowest BCUT2D eigenvalue weighted by molar-refractivity contribution is -0.143. The first-order chi connectivity index (χ1) is 4.57. The molecule has 0 saturated carbocycles. The summed E-state index contributed by atoms with van der Waals surface area (Å²) in [7, 11) is 5.01. The number of methoxy groups -OCH3 is 1. The van der Waals surface area contributed by atoms with Crippen molar-refractivity contribution < 1.29 is 9.53 Å². The third-order valence-corrected chi connectivity index (χ3v) is 1.01. The smallest absolute Gasteiger partial charge is 0.323 e. The number of nitrogens with zero attached hydrogens (tertiary/aromatic N) is 1. The van der Waals surface area contributed by atoms with Gasteiger partial charge in [-0.05, 0) is 6.92 Å². The molecule has 4 nitrogen and oxygen atoms in total. The van der Waals surface area contributed by atoms with Gasteiger partial charge in [0.1, 0.15) is 6.04 Å². The van der Waals surface area contributed by atoms with Crippen LogP contribution in [-0.2, 0) is 9.53 Å². The maximum Gasteiger partial charge on any atom is 0.323 e. The van der Waals surface area contributed by atoms with Crippen LogP contribution in [-0.4, -0.2) is 38.2 Å². The van der Waals surface area contributed by atoms with Gasteiger partial charge in [0.05, 0.1) is 7.11 Å². The van der Waals surface area contributed by atoms with E-state index >= 15 is 0 Å². The van der Waals surface area contributed by atoms with E-state index in [1.54, 1.807) is 11.9 Å². The Labute approximate surface area is 61.1 Å². The molecule has 0 rings (SSSR count). The predicted octanol–water partition coefficient (Wildman–Crippen LogP) is -0.386. The third kappa shape index (κ3) is 3.42. The lowest BCUT2D eigenvalue weighted by atomic mass is 10.4. The van der Waals surface area contributed by atoms with Crippen molar-refractivity contribution in [3.8, 4) is 0 Å². The Balaban J connectivity index is 3.61. The standard InChI is InChI=1S/C6H14N2O2/c1-5(6(9)10-4)7-8(2)3/h5,7H,1-4H3. The molecule has 0 bridgehead atoms. The highest BCUT2D eigenvalue weighted by atomic mass is 16.5. The van der Waals surface area contributed by atoms with Crippen LogP contribution in [0.3, 0.4) is 0 Å². The minimum Gasteiger partial charge on any atom is -0.468 e. The molecule has 10 heavy (non-hydrogen) atoms. The summed E-state index contributed by atoms with van der Waals surface area (Å²) in [6.07, 6.45) is 0. The molecule has 4 heteroatoms. The number of rotatable bonds is 3. The van der Waals surface area contributed by atoms with Gasteiger partial charge in [-0.2, -0.15) is 0 Å². The SMILES string of the molecule is COC(=O)C(C)NN(C)C. The second-order valence-electron chi connectivity index (χ2n) is 2.27. The van der Waals surface area contributed by atoms with Crippen LogP contribution in [0.1, 0.15) is 6.92 Å². The maximum atomic E-state index is 10.7. The average Bonchev–Trinajstić information content (AvgIpc) is 1.85. The molecule has 0 aromatic rings. The van der Waals surface area contributed by atoms with E-state index in [9.17, 15) is 4.79 Å². The monoisotopic (exact) mass is 146 g/mol. The van der Waals surface area contributed by atoms with Crippen LogP contribution in [0.5, 0.6) is 0 Å². The zero-order valence-corrected chi connectivity index (χ0v) is 6.84. The van der Waals surface area contributed by atoms with E-state index in [0.717, 1.165) is 0 Å². The molecular formula is C6H14N2O2. The van der Waals surface area contributed by atoms with E-state index in [4.69, 9.17) is 0 Å². The molecular weight excluding hydrogens is 132 g/mol. The van der Waals surface area contributed by atoms with Crippen molar-refractivity contribution in [2.75, 3.05) is 21.2 Å². The van der Waals surface area contributed by atoms with Crippen LogP contribution in [0.25, 0.3) is 0 Å². The van der Waals surface area contributed by atoms with Crippen molar-refractivity contribution in [3.05, 3.63) is 0 Å². The summed E-state index contributed by atoms with van der Waals surface area (Å²) in [6.45, 7) is 1.74. The summed E-state index contributed by atoms with van der Waals surface area (Å²) in [5.74, 6) is -0.256. The topological polar surface area (TPSA) is 41.6 Å². The van der Waals surface area contributed by atoms with Gasteiger partial charge in [-0.15, -0.1) is 0 Å². The highest BCUT2D eigenvalue weighted by molar-refractivity contribution is 5.74. The van der Waals surface area contributed by atoms with Crippen molar-refractivity contribution in [2.45, 2.75) is 13.0 Å². The van der Waals surface area contributed by atoms with E-state index < -0.39 is 0 Å². The quantitative estimate of drug-likeness (QED) is 0.435. The molecule has 1 atom stereocenters. The Hall–Kier alpha value is -0.610. The van der Waals surface area contributed by atoms with E-state index in [2.05, 4.69) is 10.2 Å². The highest BCUT2D eigenvalue weighted by Crippen LogP contribution is 1.84. The zero-order valence-electron chi connectivity index (χ0n) is 6.84. The second kappa shape index (κ2) is 4.24. The summed E-state index contributed by atoms with van der Waals surface area (Å²) in [5, 5.41) is 1.71. The Morgan fingerprint density at radius 2 is 2.10 bits per heavy atom. The fourth-order valence-electron chi connectivity index (χ4n) is 0.617. The molecule has 0 aromatic carbocycles. The van der Waals surface area contributed by atoms with Crippen LogP contribution < -0.4 is 5.43 Å². The van der Waals surface area contributed by atoms with Crippen LogP contribution in [0.4, 0.5) is 0 Å². The highest BCUT2D eigenvalue weighted by Gasteiger charge is 2.11. The number of carbonyl (C=O) groups excluding carboxylic acids is 1. The van der Waals surface area contributed by atoms with E-state index in [-0.39, 0.29) is 12.0 Å². The van der Waals surface area contributed by atoms with Crippen molar-refractivity contribution in [1.82, 2.24) is 10.4 Å². The average molecular weight is 146 g/mol. The van der Waals surface area contributed by atoms with Gasteiger partial charge in [0.2, 0.25) is 0 Å². The molecule has 0 heterocycles. The Kier molecular flexibility index (Phi) is 3.99. The number of esters is 1. The number of ether oxygens (including phenoxy) is 1. The fourth-order valence-corrected chi connectivity index (χ4v) is 0.617. The van der Waals surface area contributed by atoms with Crippen molar-refractivity contribution in [1.29, 1.82) is 0 Å². The van der Waals surface area contributed by atoms with Crippen molar-refractivity contribution in [3.63, 3.8) is 0 Å². The third-order valence-electron chi connectivity index (χ3n) is 1.01. The molecule has 60 valence electrons. The summed E-state index contributed by atoms with van der Waals surface area (Å²) in [6, 6.07) is -0.278. The Morgan fingerprint density at radius 1 is 1.60 bits per heavy atom. The first-order valence-corrected chi connectivity index (χ1v) is 3.09. The fraction of sp³-hybridized carbons (Fsp3) is 0.833. The van der Waals surface area contributed by atoms with Gasteiger partial charge >= 0.3 is 5.97 Å². The van der Waals surface area contributed by atoms with Gasteiger partial charge in [0.25, 0.3) is 0 Å². The van der Waals surface area contributed by atoms with Gasteiger partial charge in [0, 0.05) is 14.1 Å². The predicted molar refractivity (Wildman–Crippen MR) is 38.3 cm³/mol. The summed E-state index contributed by atoms with van der Waals surface area (Å²) < 4.78 is 4.48. The van der Waals surface area contributed by atoms with Gasteiger partial charge in [-0.3, -0.25) is 4.79 Å². The molecule has 0 aliphatic heterocycles. The van der Waals surface area contributed by atoms with Gasteiger partial charge in [0.15, 0.2) is 0 Å². The summed E-state index contributed by atoms with van der Waals surface area (Å²) in [5.41, 5.74) is 2.85. The van der Waals surface area contributed by atoms with Crippen molar-refractivity contribution in [2.24, 2.45) is 0 Å². The Bertz CT molecular complexity index is 114. The molecule has 0 aromatic heterocycles. The van der Waals surface area contributed by atoms with Crippen LogP contribution in [0.15, 0.2) is 0 Å². The van der Waals surface area contributed by atoms with E-state index in [1.165, 1.54) is 7.11 Å². The largest absolute Gasteiger partial charge is 0.468 e. The lowest BCUT2D eigenvalue weighted by Crippen LogP contribution is -2.43. The molecule has 1 N–H and O–H groups in total. The number of hydrazine groups is 1. The van der Waals surface area contributed by atoms with E-state index in [0.29, 0.717) is 0 Å². The molecule has 0 radical (unpaired) electrons. The molecule has 1 unspecified atom stereocenters. The second-order valence-corrected chi connectivity index (χ2v) is 2.27. The number of hydrogen-bond acceptors (Lipinski definition) is 4. The Morgan fingerprint density at radius 3 is 2.40 bits per heavy atom. The zero-order chi connectivity index (χ0) is 8.15. The van der Waals surface area contributed by atoms with Crippen LogP contribution >= 0.6 is 0 Å². The first kappa shape index (κ1) is 9.39. The molecule has 0 aliphatic rings. The molecule has 0 saturated heterocycles. The van der Waals surface area contributed by atoms with Crippen molar-refractivity contribution >= 4 is 5.97 Å². The number of hydrogen-bond donors (Lipinski definition) is 1. The van der Waals surface area contributed by atoms with Crippen LogP contribution in [0, 0.1) is 0 Å². The lowest BCUT2D eigenvalue weighted by Gasteiger charge is -2.16. The molecule has 0 spiro atoms. The molecule has 0 amide bonds. The first-order valence-electron chi connectivity index (χ1n) is 3.09. The van der Waals surface area contributed by atoms with E-state index in [1.807, 2.05) is 14.1 Å². The van der Waals surface area contributed by atoms with Gasteiger partial charge in [-0.25, -0.2) is 10.4 Å². The van der Waals surface area contributed by atoms with Crippen LogP contribution in [0.2, 0.25) is 0 Å². The van der Waals surface area contributed by atoms with Gasteiger partial charge in [-0.1, -0.05) is 0 Å². The maximum absolute atomic E-state index is 10.7. The van der Waals surface area contributed by atoms with Gasteiger partial charge < -0.3 is 4.74 Å². The summed E-state index contributed by atoms with van der Waals surface area (Å²) in [4.78, 5) is 10.7. The molecule has 0 aliphatic carbocycles.